The molecule has 28 heavy (non-hydrogen) atoms. The lowest BCUT2D eigenvalue weighted by Crippen LogP contribution is -2.15. The summed E-state index contributed by atoms with van der Waals surface area (Å²) >= 11 is 1.45. The fourth-order valence-electron chi connectivity index (χ4n) is 3.05. The van der Waals surface area contributed by atoms with E-state index in [1.165, 1.54) is 29.0 Å². The minimum absolute atomic E-state index is 0.0876. The van der Waals surface area contributed by atoms with Crippen molar-refractivity contribution >= 4 is 22.9 Å². The molecule has 0 fully saturated rings. The molecule has 0 aliphatic carbocycles. The number of rotatable bonds is 7. The van der Waals surface area contributed by atoms with Gasteiger partial charge >= 0.3 is 0 Å². The van der Waals surface area contributed by atoms with Crippen molar-refractivity contribution in [2.24, 2.45) is 5.92 Å². The van der Waals surface area contributed by atoms with Crippen LogP contribution < -0.4 is 5.32 Å². The van der Waals surface area contributed by atoms with E-state index in [0.717, 1.165) is 29.4 Å². The number of hydrogen-bond acceptors (Lipinski definition) is 4. The van der Waals surface area contributed by atoms with E-state index in [0.29, 0.717) is 11.6 Å². The van der Waals surface area contributed by atoms with E-state index in [2.05, 4.69) is 36.2 Å². The average molecular weight is 401 g/mol. The molecule has 0 radical (unpaired) electrons. The highest BCUT2D eigenvalue weighted by atomic mass is 32.1. The van der Waals surface area contributed by atoms with E-state index < -0.39 is 5.82 Å². The first kappa shape index (κ1) is 20.2. The van der Waals surface area contributed by atoms with Gasteiger partial charge in [-0.25, -0.2) is 14.1 Å². The molecule has 3 rings (SSSR count). The highest BCUT2D eigenvalue weighted by molar-refractivity contribution is 7.12. The molecule has 7 heteroatoms. The molecular formula is C21H25FN4OS. The molecule has 3 aromatic rings. The van der Waals surface area contributed by atoms with Crippen molar-refractivity contribution in [2.45, 2.75) is 47.0 Å². The van der Waals surface area contributed by atoms with Gasteiger partial charge in [-0.2, -0.15) is 5.10 Å². The predicted molar refractivity (Wildman–Crippen MR) is 111 cm³/mol. The van der Waals surface area contributed by atoms with E-state index in [4.69, 9.17) is 0 Å². The highest BCUT2D eigenvalue weighted by Gasteiger charge is 2.16. The fraction of sp³-hybridized carbons (Fsp3) is 0.381. The Morgan fingerprint density at radius 3 is 2.75 bits per heavy atom. The summed E-state index contributed by atoms with van der Waals surface area (Å²) in [6, 6.07) is 6.12. The molecule has 0 aliphatic rings. The minimum Gasteiger partial charge on any atom is -0.323 e. The lowest BCUT2D eigenvalue weighted by molar-refractivity contribution is -0.115. The fourth-order valence-corrected chi connectivity index (χ4v) is 3.88. The molecule has 1 amide bonds. The maximum absolute atomic E-state index is 13.7. The van der Waals surface area contributed by atoms with Crippen LogP contribution in [0, 0.1) is 25.6 Å². The number of benzene rings is 1. The minimum atomic E-state index is -0.452. The Bertz CT molecular complexity index is 977. The number of amides is 1. The number of aromatic nitrogens is 3. The zero-order valence-corrected chi connectivity index (χ0v) is 17.4. The summed E-state index contributed by atoms with van der Waals surface area (Å²) in [5.74, 6) is -0.110. The van der Waals surface area contributed by atoms with Crippen molar-refractivity contribution < 1.29 is 9.18 Å². The van der Waals surface area contributed by atoms with Crippen molar-refractivity contribution in [3.05, 3.63) is 58.1 Å². The van der Waals surface area contributed by atoms with Gasteiger partial charge in [0.05, 0.1) is 23.5 Å². The van der Waals surface area contributed by atoms with E-state index in [1.807, 2.05) is 17.0 Å². The number of aryl methyl sites for hydroxylation is 1. The maximum atomic E-state index is 13.7. The summed E-state index contributed by atoms with van der Waals surface area (Å²) in [6.45, 7) is 8.51. The molecular weight excluding hydrogens is 375 g/mol. The van der Waals surface area contributed by atoms with Gasteiger partial charge in [0.15, 0.2) is 0 Å². The summed E-state index contributed by atoms with van der Waals surface area (Å²) in [5, 5.41) is 9.82. The molecule has 5 nitrogen and oxygen atoms in total. The first-order chi connectivity index (χ1) is 13.3. The van der Waals surface area contributed by atoms with Crippen molar-refractivity contribution in [1.29, 1.82) is 0 Å². The molecule has 2 aromatic heterocycles. The van der Waals surface area contributed by atoms with Gasteiger partial charge in [0.25, 0.3) is 0 Å². The Morgan fingerprint density at radius 1 is 1.29 bits per heavy atom. The first-order valence-corrected chi connectivity index (χ1v) is 10.3. The van der Waals surface area contributed by atoms with Crippen LogP contribution in [0.4, 0.5) is 10.1 Å². The third-order valence-electron chi connectivity index (χ3n) is 4.62. The Labute approximate surface area is 168 Å². The van der Waals surface area contributed by atoms with Crippen LogP contribution >= 0.6 is 11.3 Å². The summed E-state index contributed by atoms with van der Waals surface area (Å²) in [4.78, 5) is 16.8. The summed E-state index contributed by atoms with van der Waals surface area (Å²) in [6.07, 6.45) is 2.20. The first-order valence-electron chi connectivity index (χ1n) is 9.39. The Balaban J connectivity index is 1.71. The Hall–Kier alpha value is -2.54. The van der Waals surface area contributed by atoms with E-state index >= 15 is 0 Å². The van der Waals surface area contributed by atoms with Crippen LogP contribution in [0.3, 0.4) is 0 Å². The van der Waals surface area contributed by atoms with Crippen molar-refractivity contribution in [3.63, 3.8) is 0 Å². The molecule has 0 spiro atoms. The second-order valence-electron chi connectivity index (χ2n) is 7.32. The van der Waals surface area contributed by atoms with Gasteiger partial charge in [-0.3, -0.25) is 4.79 Å². The number of anilines is 1. The molecule has 1 N–H and O–H groups in total. The topological polar surface area (TPSA) is 59.8 Å². The largest absolute Gasteiger partial charge is 0.323 e. The van der Waals surface area contributed by atoms with Crippen molar-refractivity contribution in [3.8, 4) is 5.13 Å². The third kappa shape index (κ3) is 4.65. The van der Waals surface area contributed by atoms with Crippen LogP contribution in [0.5, 0.6) is 0 Å². The summed E-state index contributed by atoms with van der Waals surface area (Å²) in [7, 11) is 0. The van der Waals surface area contributed by atoms with E-state index in [9.17, 15) is 9.18 Å². The number of para-hydroxylation sites is 1. The number of halogens is 1. The van der Waals surface area contributed by atoms with Crippen LogP contribution in [0.1, 0.15) is 42.9 Å². The van der Waals surface area contributed by atoms with Gasteiger partial charge < -0.3 is 5.32 Å². The second-order valence-corrected chi connectivity index (χ2v) is 8.16. The lowest BCUT2D eigenvalue weighted by Gasteiger charge is -2.05. The summed E-state index contributed by atoms with van der Waals surface area (Å²) < 4.78 is 15.5. The number of thiazole rings is 1. The Kier molecular flexibility index (Phi) is 6.24. The monoisotopic (exact) mass is 400 g/mol. The van der Waals surface area contributed by atoms with Gasteiger partial charge in [-0.15, -0.1) is 11.3 Å². The van der Waals surface area contributed by atoms with Gasteiger partial charge in [0.1, 0.15) is 5.82 Å². The molecule has 0 aliphatic heterocycles. The number of carbonyl (C=O) groups is 1. The molecule has 0 saturated heterocycles. The molecule has 0 bridgehead atoms. The van der Waals surface area contributed by atoms with Crippen LogP contribution in [0.15, 0.2) is 29.6 Å². The van der Waals surface area contributed by atoms with Crippen LogP contribution in [-0.2, 0) is 17.6 Å². The average Bonchev–Trinajstić information content (AvgIpc) is 3.19. The molecule has 0 atom stereocenters. The molecule has 0 unspecified atom stereocenters. The predicted octanol–water partition coefficient (Wildman–Crippen LogP) is 4.85. The van der Waals surface area contributed by atoms with Gasteiger partial charge in [-0.05, 0) is 50.3 Å². The molecule has 148 valence electrons. The number of nitrogens with zero attached hydrogens (tertiary/aromatic N) is 3. The van der Waals surface area contributed by atoms with Crippen molar-refractivity contribution in [1.82, 2.24) is 14.8 Å². The van der Waals surface area contributed by atoms with Crippen molar-refractivity contribution in [2.75, 3.05) is 5.32 Å². The smallest absolute Gasteiger partial charge is 0.230 e. The van der Waals surface area contributed by atoms with Crippen LogP contribution in [-0.4, -0.2) is 20.7 Å². The molecule has 2 heterocycles. The number of nitrogens with one attached hydrogen (secondary N) is 1. The molecule has 1 aromatic carbocycles. The standard InChI is InChI=1S/C21H25FN4OS/c1-13(2)9-10-17-14(3)25-26(15(17)4)21-23-16(12-28-21)11-20(27)24-19-8-6-5-7-18(19)22/h5-8,12-13H,9-11H2,1-4H3,(H,24,27). The number of carbonyl (C=O) groups excluding carboxylic acids is 1. The second kappa shape index (κ2) is 8.65. The van der Waals surface area contributed by atoms with E-state index in [-0.39, 0.29) is 18.0 Å². The summed E-state index contributed by atoms with van der Waals surface area (Å²) in [5.41, 5.74) is 4.20. The van der Waals surface area contributed by atoms with E-state index in [1.54, 1.807) is 12.1 Å². The zero-order valence-electron chi connectivity index (χ0n) is 16.6. The quantitative estimate of drug-likeness (QED) is 0.616. The SMILES string of the molecule is Cc1nn(-c2nc(CC(=O)Nc3ccccc3F)cs2)c(C)c1CCC(C)C. The van der Waals surface area contributed by atoms with Gasteiger partial charge in [0.2, 0.25) is 11.0 Å². The maximum Gasteiger partial charge on any atom is 0.230 e. The number of hydrogen-bond donors (Lipinski definition) is 1. The highest BCUT2D eigenvalue weighted by Crippen LogP contribution is 2.23. The molecule has 0 saturated carbocycles. The van der Waals surface area contributed by atoms with Gasteiger partial charge in [0, 0.05) is 11.1 Å². The third-order valence-corrected chi connectivity index (χ3v) is 5.49. The Morgan fingerprint density at radius 2 is 2.04 bits per heavy atom. The zero-order chi connectivity index (χ0) is 20.3. The van der Waals surface area contributed by atoms with Crippen LogP contribution in [0.25, 0.3) is 5.13 Å². The normalized spacial score (nSPS) is 11.2. The lowest BCUT2D eigenvalue weighted by atomic mass is 10.0. The van der Waals surface area contributed by atoms with Crippen LogP contribution in [0.2, 0.25) is 0 Å². The van der Waals surface area contributed by atoms with Gasteiger partial charge in [-0.1, -0.05) is 26.0 Å².